The fourth-order valence-electron chi connectivity index (χ4n) is 2.81. The number of amides is 1. The molecule has 9 heteroatoms. The smallest absolute Gasteiger partial charge is 0.338 e. The van der Waals surface area contributed by atoms with Crippen molar-refractivity contribution in [3.05, 3.63) is 23.9 Å². The number of fused-ring (bicyclic) bond motifs is 1. The Morgan fingerprint density at radius 2 is 2.00 bits per heavy atom. The first kappa shape index (κ1) is 14.7. The lowest BCUT2D eigenvalue weighted by Crippen LogP contribution is -2.59. The van der Waals surface area contributed by atoms with E-state index in [2.05, 4.69) is 20.8 Å². The van der Waals surface area contributed by atoms with Crippen LogP contribution in [-0.2, 0) is 0 Å². The number of tetrazole rings is 1. The molecule has 0 radical (unpaired) electrons. The van der Waals surface area contributed by atoms with Gasteiger partial charge in [-0.25, -0.2) is 4.52 Å². The monoisotopic (exact) mass is 313 g/mol. The number of nitrogens with zero attached hydrogens (tertiary/aromatic N) is 4. The lowest BCUT2D eigenvalue weighted by molar-refractivity contribution is -0.201. The van der Waals surface area contributed by atoms with Crippen molar-refractivity contribution in [2.45, 2.75) is 43.8 Å². The van der Waals surface area contributed by atoms with Crippen LogP contribution in [0.1, 0.15) is 42.5 Å². The van der Waals surface area contributed by atoms with E-state index < -0.39 is 17.6 Å². The van der Waals surface area contributed by atoms with Gasteiger partial charge in [-0.05, 0) is 35.4 Å². The standard InChI is InChI=1S/C13H14F3N5O/c14-13(15,16)12(5-2-1-3-6-12)17-11(22)9-4-7-21-10(8-9)18-19-20-21/h4,7-8H,1-3,5-6H2,(H,17,22). The zero-order valence-electron chi connectivity index (χ0n) is 11.6. The summed E-state index contributed by atoms with van der Waals surface area (Å²) >= 11 is 0. The van der Waals surface area contributed by atoms with Gasteiger partial charge in [0.15, 0.2) is 5.65 Å². The quantitative estimate of drug-likeness (QED) is 0.922. The largest absolute Gasteiger partial charge is 0.411 e. The number of hydrogen-bond acceptors (Lipinski definition) is 4. The van der Waals surface area contributed by atoms with Crippen molar-refractivity contribution < 1.29 is 18.0 Å². The number of aromatic nitrogens is 4. The van der Waals surface area contributed by atoms with Crippen molar-refractivity contribution in [3.63, 3.8) is 0 Å². The number of alkyl halides is 3. The Balaban J connectivity index is 1.87. The molecule has 0 saturated heterocycles. The highest BCUT2D eigenvalue weighted by Gasteiger charge is 2.55. The van der Waals surface area contributed by atoms with Crippen LogP contribution in [0.2, 0.25) is 0 Å². The zero-order valence-corrected chi connectivity index (χ0v) is 11.6. The van der Waals surface area contributed by atoms with Crippen LogP contribution in [0.3, 0.4) is 0 Å². The van der Waals surface area contributed by atoms with E-state index in [-0.39, 0.29) is 18.4 Å². The molecule has 6 nitrogen and oxygen atoms in total. The highest BCUT2D eigenvalue weighted by molar-refractivity contribution is 5.95. The minimum atomic E-state index is -4.47. The van der Waals surface area contributed by atoms with E-state index in [9.17, 15) is 18.0 Å². The summed E-state index contributed by atoms with van der Waals surface area (Å²) in [6, 6.07) is 2.76. The van der Waals surface area contributed by atoms with E-state index in [1.165, 1.54) is 22.8 Å². The van der Waals surface area contributed by atoms with Crippen LogP contribution in [0.15, 0.2) is 18.3 Å². The summed E-state index contributed by atoms with van der Waals surface area (Å²) in [6.07, 6.45) is -1.55. The Hall–Kier alpha value is -2.19. The predicted octanol–water partition coefficient (Wildman–Crippen LogP) is 2.12. The van der Waals surface area contributed by atoms with Crippen LogP contribution in [0.4, 0.5) is 13.2 Å². The van der Waals surface area contributed by atoms with Crippen LogP contribution in [0.25, 0.3) is 5.65 Å². The maximum Gasteiger partial charge on any atom is 0.411 e. The van der Waals surface area contributed by atoms with Gasteiger partial charge in [-0.15, -0.1) is 5.10 Å². The van der Waals surface area contributed by atoms with E-state index in [0.717, 1.165) is 6.42 Å². The average molecular weight is 313 g/mol. The van der Waals surface area contributed by atoms with Crippen molar-refractivity contribution in [1.82, 2.24) is 25.4 Å². The fourth-order valence-corrected chi connectivity index (χ4v) is 2.81. The fraction of sp³-hybridized carbons (Fsp3) is 0.538. The molecule has 118 valence electrons. The summed E-state index contributed by atoms with van der Waals surface area (Å²) in [5.41, 5.74) is -1.73. The van der Waals surface area contributed by atoms with Gasteiger partial charge in [0.1, 0.15) is 5.54 Å². The first-order chi connectivity index (χ1) is 10.4. The first-order valence-corrected chi connectivity index (χ1v) is 6.98. The lowest BCUT2D eigenvalue weighted by atomic mass is 9.81. The number of halogens is 3. The Labute approximate surface area is 123 Å². The lowest BCUT2D eigenvalue weighted by Gasteiger charge is -2.39. The molecule has 22 heavy (non-hydrogen) atoms. The third-order valence-corrected chi connectivity index (χ3v) is 4.06. The van der Waals surface area contributed by atoms with E-state index in [0.29, 0.717) is 18.5 Å². The van der Waals surface area contributed by atoms with Gasteiger partial charge in [0, 0.05) is 11.8 Å². The van der Waals surface area contributed by atoms with Crippen LogP contribution in [0.5, 0.6) is 0 Å². The highest BCUT2D eigenvalue weighted by Crippen LogP contribution is 2.41. The number of carbonyl (C=O) groups is 1. The Bertz CT molecular complexity index is 690. The average Bonchev–Trinajstić information content (AvgIpc) is 2.94. The minimum absolute atomic E-state index is 0.0863. The normalized spacial score (nSPS) is 18.3. The Morgan fingerprint density at radius 3 is 2.68 bits per heavy atom. The molecule has 0 spiro atoms. The zero-order chi connectivity index (χ0) is 15.8. The van der Waals surface area contributed by atoms with Gasteiger partial charge in [-0.3, -0.25) is 4.79 Å². The number of pyridine rings is 1. The second-order valence-corrected chi connectivity index (χ2v) is 5.49. The van der Waals surface area contributed by atoms with Gasteiger partial charge >= 0.3 is 6.18 Å². The van der Waals surface area contributed by atoms with Crippen LogP contribution in [0, 0.1) is 0 Å². The van der Waals surface area contributed by atoms with Crippen molar-refractivity contribution in [2.75, 3.05) is 0 Å². The van der Waals surface area contributed by atoms with Gasteiger partial charge < -0.3 is 5.32 Å². The van der Waals surface area contributed by atoms with Gasteiger partial charge in [0.2, 0.25) is 0 Å². The molecule has 3 rings (SSSR count). The van der Waals surface area contributed by atoms with Crippen molar-refractivity contribution in [3.8, 4) is 0 Å². The molecule has 1 fully saturated rings. The molecule has 0 aliphatic heterocycles. The van der Waals surface area contributed by atoms with Crippen molar-refractivity contribution in [2.24, 2.45) is 0 Å². The SMILES string of the molecule is O=C(NC1(C(F)(F)F)CCCCC1)c1ccn2nnnc2c1. The molecule has 1 amide bonds. The third-order valence-electron chi connectivity index (χ3n) is 4.06. The Kier molecular flexibility index (Phi) is 3.50. The number of hydrogen-bond donors (Lipinski definition) is 1. The summed E-state index contributed by atoms with van der Waals surface area (Å²) in [5.74, 6) is -0.760. The van der Waals surface area contributed by atoms with Crippen LogP contribution < -0.4 is 5.32 Å². The van der Waals surface area contributed by atoms with Gasteiger partial charge in [0.25, 0.3) is 5.91 Å². The molecule has 1 aliphatic rings. The molecule has 0 aromatic carbocycles. The second-order valence-electron chi connectivity index (χ2n) is 5.49. The molecule has 2 heterocycles. The van der Waals surface area contributed by atoms with Crippen LogP contribution >= 0.6 is 0 Å². The number of rotatable bonds is 2. The van der Waals surface area contributed by atoms with Gasteiger partial charge in [0.05, 0.1) is 0 Å². The molecule has 1 saturated carbocycles. The second kappa shape index (κ2) is 5.22. The molecule has 0 atom stereocenters. The number of carbonyl (C=O) groups excluding carboxylic acids is 1. The number of nitrogens with one attached hydrogen (secondary N) is 1. The molecule has 2 aromatic rings. The Morgan fingerprint density at radius 1 is 1.27 bits per heavy atom. The van der Waals surface area contributed by atoms with E-state index >= 15 is 0 Å². The molecular formula is C13H14F3N5O. The summed E-state index contributed by atoms with van der Waals surface area (Å²) < 4.78 is 41.6. The van der Waals surface area contributed by atoms with E-state index in [1.54, 1.807) is 0 Å². The highest BCUT2D eigenvalue weighted by atomic mass is 19.4. The maximum absolute atomic E-state index is 13.4. The van der Waals surface area contributed by atoms with E-state index in [1.807, 2.05) is 0 Å². The van der Waals surface area contributed by atoms with Crippen molar-refractivity contribution >= 4 is 11.6 Å². The summed E-state index contributed by atoms with van der Waals surface area (Å²) in [7, 11) is 0. The molecule has 0 bridgehead atoms. The topological polar surface area (TPSA) is 72.2 Å². The summed E-state index contributed by atoms with van der Waals surface area (Å²) in [5, 5.41) is 12.9. The first-order valence-electron chi connectivity index (χ1n) is 6.98. The van der Waals surface area contributed by atoms with E-state index in [4.69, 9.17) is 0 Å². The molecule has 1 N–H and O–H groups in total. The molecule has 1 aliphatic carbocycles. The summed E-state index contributed by atoms with van der Waals surface area (Å²) in [6.45, 7) is 0. The predicted molar refractivity (Wildman–Crippen MR) is 70.1 cm³/mol. The van der Waals surface area contributed by atoms with Crippen LogP contribution in [-0.4, -0.2) is 37.7 Å². The molecule has 0 unspecified atom stereocenters. The third kappa shape index (κ3) is 2.51. The summed E-state index contributed by atoms with van der Waals surface area (Å²) in [4.78, 5) is 12.2. The van der Waals surface area contributed by atoms with Crippen molar-refractivity contribution in [1.29, 1.82) is 0 Å². The minimum Gasteiger partial charge on any atom is -0.338 e. The maximum atomic E-state index is 13.4. The molecule has 2 aromatic heterocycles. The van der Waals surface area contributed by atoms with Gasteiger partial charge in [-0.1, -0.05) is 19.3 Å². The molecular weight excluding hydrogens is 299 g/mol. The van der Waals surface area contributed by atoms with Gasteiger partial charge in [-0.2, -0.15) is 13.2 Å².